The predicted octanol–water partition coefficient (Wildman–Crippen LogP) is 5.92. The number of hydrogen-bond donors (Lipinski definition) is 1. The second-order valence-corrected chi connectivity index (χ2v) is 12.8. The van der Waals surface area contributed by atoms with Gasteiger partial charge in [-0.25, -0.2) is 35.2 Å². The molecule has 1 saturated heterocycles. The molecular formula is C31H29F5N2O6S. The zero-order chi connectivity index (χ0) is 32.6. The molecule has 0 radical (unpaired) electrons. The number of hydrogen-bond acceptors (Lipinski definition) is 6. The van der Waals surface area contributed by atoms with Crippen molar-refractivity contribution in [3.05, 3.63) is 88.2 Å². The maximum Gasteiger partial charge on any atom is 0.341 e. The van der Waals surface area contributed by atoms with Crippen LogP contribution in [0, 0.1) is 29.1 Å². The van der Waals surface area contributed by atoms with Gasteiger partial charge in [-0.1, -0.05) is 43.5 Å². The number of ether oxygens (including phenoxy) is 1. The van der Waals surface area contributed by atoms with Gasteiger partial charge in [0.05, 0.1) is 13.7 Å². The Morgan fingerprint density at radius 2 is 1.49 bits per heavy atom. The summed E-state index contributed by atoms with van der Waals surface area (Å²) in [6, 6.07) is 9.53. The molecule has 45 heavy (non-hydrogen) atoms. The minimum atomic E-state index is -5.38. The van der Waals surface area contributed by atoms with E-state index in [4.69, 9.17) is 0 Å². The third kappa shape index (κ3) is 6.00. The Balaban J connectivity index is 1.49. The van der Waals surface area contributed by atoms with Gasteiger partial charge in [0.15, 0.2) is 28.2 Å². The first kappa shape index (κ1) is 32.4. The van der Waals surface area contributed by atoms with Crippen molar-refractivity contribution in [1.29, 1.82) is 0 Å². The number of phenols is 1. The fourth-order valence-corrected chi connectivity index (χ4v) is 7.53. The molecule has 1 aliphatic heterocycles. The normalized spacial score (nSPS) is 17.5. The number of rotatable bonds is 8. The Kier molecular flexibility index (Phi) is 9.17. The molecule has 1 aliphatic carbocycles. The Morgan fingerprint density at radius 3 is 2.02 bits per heavy atom. The largest absolute Gasteiger partial charge is 0.507 e. The van der Waals surface area contributed by atoms with Crippen LogP contribution < -0.4 is 4.90 Å². The van der Waals surface area contributed by atoms with Crippen LogP contribution in [0.1, 0.15) is 65.9 Å². The monoisotopic (exact) mass is 652 g/mol. The summed E-state index contributed by atoms with van der Waals surface area (Å²) in [6.45, 7) is -0.581. The number of phenolic OH excluding ortho intramolecular Hbond substituents is 1. The molecule has 3 aromatic rings. The van der Waals surface area contributed by atoms with E-state index in [1.54, 1.807) is 12.1 Å². The van der Waals surface area contributed by atoms with E-state index in [0.717, 1.165) is 49.3 Å². The van der Waals surface area contributed by atoms with E-state index < -0.39 is 74.2 Å². The summed E-state index contributed by atoms with van der Waals surface area (Å²) in [5, 5.41) is 10.5. The van der Waals surface area contributed by atoms with Crippen LogP contribution >= 0.6 is 0 Å². The van der Waals surface area contributed by atoms with Crippen LogP contribution in [-0.2, 0) is 26.1 Å². The van der Waals surface area contributed by atoms with E-state index in [1.807, 2.05) is 12.1 Å². The number of amides is 1. The summed E-state index contributed by atoms with van der Waals surface area (Å²) in [7, 11) is -4.27. The average molecular weight is 653 g/mol. The molecule has 0 spiro atoms. The number of nitrogens with zero attached hydrogens (tertiary/aromatic N) is 2. The SMILES string of the molecule is COC(=O)c1ccc(N(Cc2ccc(C3CCCCC3)cc2)C(=O)[C@H]2CCN2S(=O)(=O)c2c(F)c(F)c(F)c(F)c2F)cc1O. The topological polar surface area (TPSA) is 104 Å². The van der Waals surface area contributed by atoms with Crippen molar-refractivity contribution in [2.75, 3.05) is 18.6 Å². The maximum atomic E-state index is 14.5. The number of aromatic hydroxyl groups is 1. The molecule has 1 amide bonds. The molecule has 2 aliphatic rings. The number of anilines is 1. The van der Waals surface area contributed by atoms with Gasteiger partial charge in [0.1, 0.15) is 17.4 Å². The molecule has 3 aromatic carbocycles. The number of sulfonamides is 1. The van der Waals surface area contributed by atoms with E-state index in [1.165, 1.54) is 18.6 Å². The maximum absolute atomic E-state index is 14.5. The van der Waals surface area contributed by atoms with Crippen LogP contribution in [0.25, 0.3) is 0 Å². The highest BCUT2D eigenvalue weighted by Gasteiger charge is 2.48. The van der Waals surface area contributed by atoms with Crippen LogP contribution in [0.15, 0.2) is 47.4 Å². The highest BCUT2D eigenvalue weighted by molar-refractivity contribution is 7.89. The van der Waals surface area contributed by atoms with Crippen molar-refractivity contribution < 1.29 is 49.8 Å². The molecule has 8 nitrogen and oxygen atoms in total. The standard InChI is InChI=1S/C31H29F5N2O6S/c1-44-31(41)21-12-11-20(15-23(21)39)37(16-17-7-9-19(10-8-17)18-5-3-2-4-6-18)30(40)22-13-14-38(22)45(42,43)29-27(35)25(33)24(32)26(34)28(29)36/h7-12,15,18,22,39H,2-6,13-14,16H2,1H3/t22-/m1/s1. The quantitative estimate of drug-likeness (QED) is 0.140. The summed E-state index contributed by atoms with van der Waals surface area (Å²) in [5.74, 6) is -14.3. The number of benzene rings is 3. The first-order valence-electron chi connectivity index (χ1n) is 14.2. The summed E-state index contributed by atoms with van der Waals surface area (Å²) in [5.41, 5.74) is 1.59. The second-order valence-electron chi connectivity index (χ2n) is 11.0. The molecule has 0 unspecified atom stereocenters. The lowest BCUT2D eigenvalue weighted by Crippen LogP contribution is -2.59. The summed E-state index contributed by atoms with van der Waals surface area (Å²) in [4.78, 5) is 25.0. The zero-order valence-corrected chi connectivity index (χ0v) is 24.9. The fourth-order valence-electron chi connectivity index (χ4n) is 5.79. The number of methoxy groups -OCH3 is 1. The van der Waals surface area contributed by atoms with Gasteiger partial charge >= 0.3 is 5.97 Å². The first-order chi connectivity index (χ1) is 21.4. The summed E-state index contributed by atoms with van der Waals surface area (Å²) >= 11 is 0. The van der Waals surface area contributed by atoms with Crippen molar-refractivity contribution in [3.63, 3.8) is 0 Å². The Labute approximate surface area is 256 Å². The van der Waals surface area contributed by atoms with Crippen molar-refractivity contribution in [2.24, 2.45) is 0 Å². The lowest BCUT2D eigenvalue weighted by atomic mass is 9.84. The summed E-state index contributed by atoms with van der Waals surface area (Å²) in [6.07, 6.45) is 5.44. The van der Waals surface area contributed by atoms with Crippen LogP contribution in [0.4, 0.5) is 27.6 Å². The molecule has 0 aromatic heterocycles. The van der Waals surface area contributed by atoms with Gasteiger partial charge in [-0.05, 0) is 48.4 Å². The second kappa shape index (κ2) is 12.8. The van der Waals surface area contributed by atoms with Crippen LogP contribution in [0.2, 0.25) is 0 Å². The van der Waals surface area contributed by atoms with Crippen LogP contribution in [0.3, 0.4) is 0 Å². The fraction of sp³-hybridized carbons (Fsp3) is 0.355. The molecule has 240 valence electrons. The van der Waals surface area contributed by atoms with Gasteiger partial charge in [-0.2, -0.15) is 4.31 Å². The number of halogens is 5. The molecule has 1 N–H and O–H groups in total. The predicted molar refractivity (Wildman–Crippen MR) is 151 cm³/mol. The van der Waals surface area contributed by atoms with E-state index in [2.05, 4.69) is 4.74 Å². The lowest BCUT2D eigenvalue weighted by Gasteiger charge is -2.41. The van der Waals surface area contributed by atoms with Crippen molar-refractivity contribution in [1.82, 2.24) is 4.31 Å². The zero-order valence-electron chi connectivity index (χ0n) is 24.0. The van der Waals surface area contributed by atoms with Crippen LogP contribution in [-0.4, -0.2) is 49.4 Å². The molecule has 2 fully saturated rings. The van der Waals surface area contributed by atoms with Gasteiger partial charge in [0, 0.05) is 18.3 Å². The van der Waals surface area contributed by atoms with E-state index in [-0.39, 0.29) is 24.2 Å². The van der Waals surface area contributed by atoms with Crippen LogP contribution in [0.5, 0.6) is 5.75 Å². The Bertz CT molecular complexity index is 1720. The molecule has 0 bridgehead atoms. The van der Waals surface area contributed by atoms with Gasteiger partial charge in [-0.15, -0.1) is 0 Å². The Morgan fingerprint density at radius 1 is 0.889 bits per heavy atom. The molecule has 5 rings (SSSR count). The third-order valence-electron chi connectivity index (χ3n) is 8.35. The highest BCUT2D eigenvalue weighted by Crippen LogP contribution is 2.36. The van der Waals surface area contributed by atoms with Gasteiger partial charge in [-0.3, -0.25) is 4.79 Å². The first-order valence-corrected chi connectivity index (χ1v) is 15.7. The average Bonchev–Trinajstić information content (AvgIpc) is 3.01. The number of carbonyl (C=O) groups is 2. The summed E-state index contributed by atoms with van der Waals surface area (Å²) < 4.78 is 102. The van der Waals surface area contributed by atoms with E-state index in [9.17, 15) is 45.1 Å². The smallest absolute Gasteiger partial charge is 0.341 e. The Hall–Kier alpha value is -4.04. The van der Waals surface area contributed by atoms with E-state index >= 15 is 0 Å². The number of esters is 1. The molecular weight excluding hydrogens is 623 g/mol. The molecule has 1 atom stereocenters. The minimum Gasteiger partial charge on any atom is -0.507 e. The van der Waals surface area contributed by atoms with Gasteiger partial charge in [0.2, 0.25) is 21.7 Å². The van der Waals surface area contributed by atoms with Crippen molar-refractivity contribution >= 4 is 27.6 Å². The highest BCUT2D eigenvalue weighted by atomic mass is 32.2. The van der Waals surface area contributed by atoms with Gasteiger partial charge < -0.3 is 14.7 Å². The third-order valence-corrected chi connectivity index (χ3v) is 10.3. The molecule has 1 heterocycles. The van der Waals surface area contributed by atoms with Crippen molar-refractivity contribution in [2.45, 2.75) is 61.9 Å². The molecule has 14 heteroatoms. The van der Waals surface area contributed by atoms with Gasteiger partial charge in [0.25, 0.3) is 0 Å². The molecule has 1 saturated carbocycles. The van der Waals surface area contributed by atoms with Crippen molar-refractivity contribution in [3.8, 4) is 5.75 Å². The lowest BCUT2D eigenvalue weighted by molar-refractivity contribution is -0.125. The van der Waals surface area contributed by atoms with E-state index in [0.29, 0.717) is 15.8 Å². The number of carbonyl (C=O) groups excluding carboxylic acids is 2. The minimum absolute atomic E-state index is 0.0435.